The lowest BCUT2D eigenvalue weighted by Crippen LogP contribution is -2.08. The highest BCUT2D eigenvalue weighted by atomic mass is 32.2. The first-order chi connectivity index (χ1) is 16.8. The number of nitrogens with two attached hydrogens (primary N) is 1. The predicted molar refractivity (Wildman–Crippen MR) is 140 cm³/mol. The van der Waals surface area contributed by atoms with Crippen molar-refractivity contribution in [1.82, 2.24) is 14.6 Å². The summed E-state index contributed by atoms with van der Waals surface area (Å²) in [6, 6.07) is 21.8. The monoisotopic (exact) mass is 484 g/mol. The van der Waals surface area contributed by atoms with E-state index in [1.807, 2.05) is 74.4 Å². The van der Waals surface area contributed by atoms with Gasteiger partial charge in [0.2, 0.25) is 9.84 Å². The molecule has 0 bridgehead atoms. The Hall–Kier alpha value is -4.24. The van der Waals surface area contributed by atoms with Gasteiger partial charge in [-0.25, -0.2) is 18.4 Å². The van der Waals surface area contributed by atoms with Crippen molar-refractivity contribution in [3.05, 3.63) is 83.9 Å². The number of para-hydroxylation sites is 2. The summed E-state index contributed by atoms with van der Waals surface area (Å²) >= 11 is 0. The molecule has 0 aliphatic heterocycles. The van der Waals surface area contributed by atoms with E-state index in [4.69, 9.17) is 5.73 Å². The van der Waals surface area contributed by atoms with Crippen molar-refractivity contribution in [3.63, 3.8) is 0 Å². The summed E-state index contributed by atoms with van der Waals surface area (Å²) in [5.41, 5.74) is 10.8. The Morgan fingerprint density at radius 2 is 1.63 bits per heavy atom. The Morgan fingerprint density at radius 1 is 0.943 bits per heavy atom. The smallest absolute Gasteiger partial charge is 0.212 e. The largest absolute Gasteiger partial charge is 0.382 e. The summed E-state index contributed by atoms with van der Waals surface area (Å²) in [6.45, 7) is 1.84. The van der Waals surface area contributed by atoms with Crippen LogP contribution in [0.3, 0.4) is 0 Å². The van der Waals surface area contributed by atoms with E-state index in [2.05, 4.69) is 15.1 Å². The summed E-state index contributed by atoms with van der Waals surface area (Å²) in [5, 5.41) is 4.52. The minimum Gasteiger partial charge on any atom is -0.382 e. The van der Waals surface area contributed by atoms with Crippen LogP contribution in [0.5, 0.6) is 0 Å². The average Bonchev–Trinajstić information content (AvgIpc) is 3.12. The van der Waals surface area contributed by atoms with Gasteiger partial charge in [0.15, 0.2) is 5.65 Å². The van der Waals surface area contributed by atoms with Gasteiger partial charge in [0.05, 0.1) is 22.1 Å². The standard InChI is InChI=1S/C26H24N6O2S/c1-17-7-6-8-20(15-17)35(33,34)24-23-26(30-22-10-5-4-9-21(22)29-23)32(25(24)27)28-16-18-11-13-19(14-12-18)31(2)3/h4-16H,27H2,1-3H3. The number of hydrogen-bond acceptors (Lipinski definition) is 7. The van der Waals surface area contributed by atoms with Crippen LogP contribution in [0, 0.1) is 6.92 Å². The molecule has 0 atom stereocenters. The molecule has 5 rings (SSSR count). The molecule has 35 heavy (non-hydrogen) atoms. The fourth-order valence-electron chi connectivity index (χ4n) is 3.89. The quantitative estimate of drug-likeness (QED) is 0.374. The molecule has 2 N–H and O–H groups in total. The molecule has 176 valence electrons. The molecule has 2 aromatic heterocycles. The molecule has 0 fully saturated rings. The molecular weight excluding hydrogens is 460 g/mol. The molecule has 0 unspecified atom stereocenters. The highest BCUT2D eigenvalue weighted by molar-refractivity contribution is 7.92. The van der Waals surface area contributed by atoms with Crippen molar-refractivity contribution in [2.45, 2.75) is 16.7 Å². The van der Waals surface area contributed by atoms with Crippen molar-refractivity contribution in [2.75, 3.05) is 24.7 Å². The second kappa shape index (κ2) is 8.52. The Bertz CT molecular complexity index is 1700. The Morgan fingerprint density at radius 3 is 2.29 bits per heavy atom. The predicted octanol–water partition coefficient (Wildman–Crippen LogP) is 4.26. The topological polar surface area (TPSA) is 106 Å². The number of anilines is 2. The van der Waals surface area contributed by atoms with Gasteiger partial charge in [-0.3, -0.25) is 0 Å². The molecule has 0 aliphatic carbocycles. The maximum atomic E-state index is 13.7. The average molecular weight is 485 g/mol. The summed E-state index contributed by atoms with van der Waals surface area (Å²) in [4.78, 5) is 11.3. The first kappa shape index (κ1) is 22.5. The van der Waals surface area contributed by atoms with Crippen LogP contribution < -0.4 is 10.6 Å². The number of benzene rings is 3. The molecule has 2 heterocycles. The van der Waals surface area contributed by atoms with Crippen molar-refractivity contribution >= 4 is 49.8 Å². The lowest BCUT2D eigenvalue weighted by Gasteiger charge is -2.11. The number of fused-ring (bicyclic) bond motifs is 2. The fraction of sp³-hybridized carbons (Fsp3) is 0.115. The summed E-state index contributed by atoms with van der Waals surface area (Å²) < 4.78 is 28.8. The molecular formula is C26H24N6O2S. The van der Waals surface area contributed by atoms with Crippen LogP contribution in [0.4, 0.5) is 11.5 Å². The number of nitrogens with zero attached hydrogens (tertiary/aromatic N) is 5. The molecule has 0 saturated heterocycles. The minimum absolute atomic E-state index is 0.0435. The van der Waals surface area contributed by atoms with E-state index >= 15 is 0 Å². The number of nitrogen functional groups attached to an aromatic ring is 1. The highest BCUT2D eigenvalue weighted by Crippen LogP contribution is 2.35. The van der Waals surface area contributed by atoms with Crippen LogP contribution in [-0.2, 0) is 9.84 Å². The molecule has 0 radical (unpaired) electrons. The Labute approximate surface area is 203 Å². The molecule has 0 amide bonds. The fourth-order valence-corrected chi connectivity index (χ4v) is 5.48. The third-order valence-electron chi connectivity index (χ3n) is 5.73. The van der Waals surface area contributed by atoms with Crippen LogP contribution in [-0.4, -0.2) is 43.4 Å². The number of sulfone groups is 1. The second-order valence-electron chi connectivity index (χ2n) is 8.46. The molecule has 0 aliphatic rings. The second-order valence-corrected chi connectivity index (χ2v) is 10.3. The lowest BCUT2D eigenvalue weighted by atomic mass is 10.2. The van der Waals surface area contributed by atoms with Gasteiger partial charge < -0.3 is 10.6 Å². The molecule has 0 saturated carbocycles. The normalized spacial score (nSPS) is 12.1. The van der Waals surface area contributed by atoms with Gasteiger partial charge in [0.25, 0.3) is 0 Å². The van der Waals surface area contributed by atoms with E-state index in [-0.39, 0.29) is 26.8 Å². The zero-order valence-electron chi connectivity index (χ0n) is 19.5. The first-order valence-electron chi connectivity index (χ1n) is 11.0. The third-order valence-corrected chi connectivity index (χ3v) is 7.54. The number of hydrogen-bond donors (Lipinski definition) is 1. The molecule has 9 heteroatoms. The van der Waals surface area contributed by atoms with Crippen molar-refractivity contribution in [2.24, 2.45) is 5.10 Å². The van der Waals surface area contributed by atoms with Gasteiger partial charge in [0, 0.05) is 19.8 Å². The SMILES string of the molecule is Cc1cccc(S(=O)(=O)c2c(N)n(N=Cc3ccc(N(C)C)cc3)c3nc4ccccc4nc23)c1. The van der Waals surface area contributed by atoms with E-state index in [0.29, 0.717) is 11.0 Å². The summed E-state index contributed by atoms with van der Waals surface area (Å²) in [7, 11) is -0.0580. The van der Waals surface area contributed by atoms with E-state index in [1.165, 1.54) is 4.68 Å². The van der Waals surface area contributed by atoms with Crippen LogP contribution in [0.25, 0.3) is 22.2 Å². The number of aromatic nitrogens is 3. The van der Waals surface area contributed by atoms with E-state index in [1.54, 1.807) is 30.5 Å². The van der Waals surface area contributed by atoms with Crippen molar-refractivity contribution in [3.8, 4) is 0 Å². The zero-order chi connectivity index (χ0) is 24.7. The molecule has 5 aromatic rings. The lowest BCUT2D eigenvalue weighted by molar-refractivity contribution is 0.597. The highest BCUT2D eigenvalue weighted by Gasteiger charge is 2.30. The molecule has 8 nitrogen and oxygen atoms in total. The number of rotatable bonds is 5. The Balaban J connectivity index is 1.74. The van der Waals surface area contributed by atoms with Gasteiger partial charge in [0.1, 0.15) is 16.2 Å². The molecule has 0 spiro atoms. The van der Waals surface area contributed by atoms with Crippen LogP contribution in [0.2, 0.25) is 0 Å². The van der Waals surface area contributed by atoms with Crippen LogP contribution >= 0.6 is 0 Å². The van der Waals surface area contributed by atoms with Gasteiger partial charge in [-0.15, -0.1) is 0 Å². The van der Waals surface area contributed by atoms with Crippen LogP contribution in [0.1, 0.15) is 11.1 Å². The van der Waals surface area contributed by atoms with Gasteiger partial charge >= 0.3 is 0 Å². The number of aryl methyl sites for hydroxylation is 1. The van der Waals surface area contributed by atoms with E-state index in [0.717, 1.165) is 16.8 Å². The zero-order valence-corrected chi connectivity index (χ0v) is 20.4. The first-order valence-corrected chi connectivity index (χ1v) is 12.4. The summed E-state index contributed by atoms with van der Waals surface area (Å²) in [6.07, 6.45) is 1.62. The van der Waals surface area contributed by atoms with Crippen molar-refractivity contribution < 1.29 is 8.42 Å². The van der Waals surface area contributed by atoms with Gasteiger partial charge in [-0.05, 0) is 54.4 Å². The van der Waals surface area contributed by atoms with Crippen LogP contribution in [0.15, 0.2) is 87.7 Å². The molecule has 3 aromatic carbocycles. The van der Waals surface area contributed by atoms with E-state index < -0.39 is 9.84 Å². The maximum Gasteiger partial charge on any atom is 0.212 e. The van der Waals surface area contributed by atoms with Gasteiger partial charge in [-0.2, -0.15) is 9.78 Å². The Kier molecular flexibility index (Phi) is 5.49. The van der Waals surface area contributed by atoms with Crippen molar-refractivity contribution in [1.29, 1.82) is 0 Å². The third kappa shape index (κ3) is 4.00. The summed E-state index contributed by atoms with van der Waals surface area (Å²) in [5.74, 6) is -0.0435. The maximum absolute atomic E-state index is 13.7. The minimum atomic E-state index is -3.99. The van der Waals surface area contributed by atoms with E-state index in [9.17, 15) is 8.42 Å². The van der Waals surface area contributed by atoms with Gasteiger partial charge in [-0.1, -0.05) is 36.4 Å².